The molecule has 2 nitrogen and oxygen atoms in total. The number of pyridine rings is 1. The fraction of sp³-hybridized carbons (Fsp3) is 0.214. The second-order valence-electron chi connectivity index (χ2n) is 4.00. The first kappa shape index (κ1) is 12.3. The minimum atomic E-state index is 0.122. The van der Waals surface area contributed by atoms with Crippen LogP contribution in [-0.4, -0.2) is 16.7 Å². The van der Waals surface area contributed by atoms with Crippen molar-refractivity contribution in [3.63, 3.8) is 0 Å². The van der Waals surface area contributed by atoms with Crippen LogP contribution in [0.3, 0.4) is 0 Å². The molecule has 0 amide bonds. The average Bonchev–Trinajstić information content (AvgIpc) is 2.37. The first-order valence-electron chi connectivity index (χ1n) is 5.55. The van der Waals surface area contributed by atoms with Gasteiger partial charge in [0.05, 0.1) is 6.61 Å². The summed E-state index contributed by atoms with van der Waals surface area (Å²) in [6.45, 7) is 0.144. The monoisotopic (exact) mass is 291 g/mol. The van der Waals surface area contributed by atoms with Crippen LogP contribution in [-0.2, 0) is 6.42 Å². The zero-order valence-corrected chi connectivity index (χ0v) is 11.0. The van der Waals surface area contributed by atoms with Gasteiger partial charge >= 0.3 is 0 Å². The van der Waals surface area contributed by atoms with Gasteiger partial charge in [-0.05, 0) is 35.7 Å². The summed E-state index contributed by atoms with van der Waals surface area (Å²) in [5.74, 6) is 0.122. The van der Waals surface area contributed by atoms with E-state index in [1.54, 1.807) is 6.20 Å². The molecule has 1 atom stereocenters. The Morgan fingerprint density at radius 2 is 2.12 bits per heavy atom. The molecule has 0 aliphatic heterocycles. The van der Waals surface area contributed by atoms with Crippen LogP contribution in [0.25, 0.3) is 0 Å². The molecule has 1 heterocycles. The number of hydrogen-bond donors (Lipinski definition) is 1. The molecule has 0 saturated carbocycles. The zero-order chi connectivity index (χ0) is 12.1. The molecule has 17 heavy (non-hydrogen) atoms. The molecule has 0 spiro atoms. The highest BCUT2D eigenvalue weighted by Gasteiger charge is 2.11. The second kappa shape index (κ2) is 5.94. The van der Waals surface area contributed by atoms with Crippen molar-refractivity contribution in [2.24, 2.45) is 0 Å². The summed E-state index contributed by atoms with van der Waals surface area (Å²) < 4.78 is 1.04. The van der Waals surface area contributed by atoms with E-state index in [-0.39, 0.29) is 12.5 Å². The highest BCUT2D eigenvalue weighted by molar-refractivity contribution is 9.10. The van der Waals surface area contributed by atoms with Gasteiger partial charge in [0.15, 0.2) is 0 Å². The van der Waals surface area contributed by atoms with Gasteiger partial charge in [-0.1, -0.05) is 34.1 Å². The fourth-order valence-corrected chi connectivity index (χ4v) is 2.27. The lowest BCUT2D eigenvalue weighted by Crippen LogP contribution is -2.07. The SMILES string of the molecule is OCC(Cc1cccnc1)c1cccc(Br)c1. The Balaban J connectivity index is 2.17. The number of rotatable bonds is 4. The Labute approximate surface area is 109 Å². The maximum absolute atomic E-state index is 9.50. The predicted molar refractivity (Wildman–Crippen MR) is 71.9 cm³/mol. The Hall–Kier alpha value is -1.19. The molecule has 1 N–H and O–H groups in total. The fourth-order valence-electron chi connectivity index (χ4n) is 1.85. The predicted octanol–water partition coefficient (Wildman–Crippen LogP) is 3.16. The Bertz CT molecular complexity index is 473. The van der Waals surface area contributed by atoms with Gasteiger partial charge in [0.2, 0.25) is 0 Å². The van der Waals surface area contributed by atoms with Crippen LogP contribution in [0.1, 0.15) is 17.0 Å². The molecular weight excluding hydrogens is 278 g/mol. The summed E-state index contributed by atoms with van der Waals surface area (Å²) in [5.41, 5.74) is 2.29. The number of benzene rings is 1. The van der Waals surface area contributed by atoms with Crippen LogP contribution in [0, 0.1) is 0 Å². The Morgan fingerprint density at radius 3 is 2.76 bits per heavy atom. The van der Waals surface area contributed by atoms with Crippen LogP contribution < -0.4 is 0 Å². The summed E-state index contributed by atoms with van der Waals surface area (Å²) >= 11 is 3.45. The minimum Gasteiger partial charge on any atom is -0.396 e. The molecule has 3 heteroatoms. The molecule has 2 rings (SSSR count). The third-order valence-corrected chi connectivity index (χ3v) is 3.24. The maximum atomic E-state index is 9.50. The number of halogens is 1. The molecule has 0 radical (unpaired) electrons. The van der Waals surface area contributed by atoms with Gasteiger partial charge in [0.25, 0.3) is 0 Å². The molecule has 0 fully saturated rings. The van der Waals surface area contributed by atoms with Crippen LogP contribution in [0.4, 0.5) is 0 Å². The first-order chi connectivity index (χ1) is 8.29. The molecule has 2 aromatic rings. The molecular formula is C14H14BrNO. The van der Waals surface area contributed by atoms with E-state index in [1.807, 2.05) is 36.5 Å². The molecule has 0 saturated heterocycles. The maximum Gasteiger partial charge on any atom is 0.0502 e. The largest absolute Gasteiger partial charge is 0.396 e. The van der Waals surface area contributed by atoms with E-state index in [2.05, 4.69) is 27.0 Å². The highest BCUT2D eigenvalue weighted by Crippen LogP contribution is 2.23. The van der Waals surface area contributed by atoms with Gasteiger partial charge in [-0.15, -0.1) is 0 Å². The molecule has 1 aromatic heterocycles. The van der Waals surface area contributed by atoms with Crippen molar-refractivity contribution in [3.05, 3.63) is 64.4 Å². The quantitative estimate of drug-likeness (QED) is 0.939. The summed E-state index contributed by atoms with van der Waals surface area (Å²) in [7, 11) is 0. The topological polar surface area (TPSA) is 33.1 Å². The van der Waals surface area contributed by atoms with Gasteiger partial charge in [-0.25, -0.2) is 0 Å². The number of nitrogens with zero attached hydrogens (tertiary/aromatic N) is 1. The zero-order valence-electron chi connectivity index (χ0n) is 9.38. The lowest BCUT2D eigenvalue weighted by atomic mass is 9.93. The summed E-state index contributed by atoms with van der Waals surface area (Å²) in [6, 6.07) is 12.0. The first-order valence-corrected chi connectivity index (χ1v) is 6.34. The van der Waals surface area contributed by atoms with Crippen molar-refractivity contribution in [1.29, 1.82) is 0 Å². The molecule has 88 valence electrons. The van der Waals surface area contributed by atoms with Crippen LogP contribution in [0.5, 0.6) is 0 Å². The second-order valence-corrected chi connectivity index (χ2v) is 4.92. The standard InChI is InChI=1S/C14H14BrNO/c15-14-5-1-4-12(8-14)13(10-17)7-11-3-2-6-16-9-11/h1-6,8-9,13,17H,7,10H2. The van der Waals surface area contributed by atoms with Crippen LogP contribution in [0.2, 0.25) is 0 Å². The van der Waals surface area contributed by atoms with E-state index in [9.17, 15) is 5.11 Å². The number of hydrogen-bond acceptors (Lipinski definition) is 2. The van der Waals surface area contributed by atoms with Gasteiger partial charge in [-0.3, -0.25) is 4.98 Å². The van der Waals surface area contributed by atoms with E-state index in [0.717, 1.165) is 22.0 Å². The van der Waals surface area contributed by atoms with E-state index in [1.165, 1.54) is 0 Å². The number of aliphatic hydroxyl groups excluding tert-OH is 1. The average molecular weight is 292 g/mol. The van der Waals surface area contributed by atoms with Gasteiger partial charge in [0.1, 0.15) is 0 Å². The summed E-state index contributed by atoms with van der Waals surface area (Å²) in [4.78, 5) is 4.09. The van der Waals surface area contributed by atoms with Gasteiger partial charge in [-0.2, -0.15) is 0 Å². The van der Waals surface area contributed by atoms with Crippen molar-refractivity contribution in [3.8, 4) is 0 Å². The molecule has 0 aliphatic rings. The summed E-state index contributed by atoms with van der Waals surface area (Å²) in [6.07, 6.45) is 4.41. The van der Waals surface area contributed by atoms with E-state index < -0.39 is 0 Å². The number of aliphatic hydroxyl groups is 1. The van der Waals surface area contributed by atoms with Crippen LogP contribution >= 0.6 is 15.9 Å². The normalized spacial score (nSPS) is 12.4. The van der Waals surface area contributed by atoms with Crippen LogP contribution in [0.15, 0.2) is 53.3 Å². The van der Waals surface area contributed by atoms with E-state index in [4.69, 9.17) is 0 Å². The van der Waals surface area contributed by atoms with Crippen molar-refractivity contribution < 1.29 is 5.11 Å². The van der Waals surface area contributed by atoms with Crippen molar-refractivity contribution >= 4 is 15.9 Å². The van der Waals surface area contributed by atoms with Crippen molar-refractivity contribution in [2.75, 3.05) is 6.61 Å². The Morgan fingerprint density at radius 1 is 1.24 bits per heavy atom. The van der Waals surface area contributed by atoms with E-state index >= 15 is 0 Å². The summed E-state index contributed by atoms with van der Waals surface area (Å²) in [5, 5.41) is 9.50. The smallest absolute Gasteiger partial charge is 0.0502 e. The third-order valence-electron chi connectivity index (χ3n) is 2.75. The highest BCUT2D eigenvalue weighted by atomic mass is 79.9. The molecule has 0 bridgehead atoms. The lowest BCUT2D eigenvalue weighted by molar-refractivity contribution is 0.264. The van der Waals surface area contributed by atoms with Crippen molar-refractivity contribution in [1.82, 2.24) is 4.98 Å². The number of aromatic nitrogens is 1. The third kappa shape index (κ3) is 3.38. The van der Waals surface area contributed by atoms with Gasteiger partial charge < -0.3 is 5.11 Å². The molecule has 0 aliphatic carbocycles. The lowest BCUT2D eigenvalue weighted by Gasteiger charge is -2.14. The van der Waals surface area contributed by atoms with Gasteiger partial charge in [0, 0.05) is 22.8 Å². The van der Waals surface area contributed by atoms with E-state index in [0.29, 0.717) is 0 Å². The molecule has 1 unspecified atom stereocenters. The molecule has 1 aromatic carbocycles. The Kier molecular flexibility index (Phi) is 4.29. The minimum absolute atomic E-state index is 0.122. The van der Waals surface area contributed by atoms with Crippen molar-refractivity contribution in [2.45, 2.75) is 12.3 Å².